The van der Waals surface area contributed by atoms with E-state index in [0.717, 1.165) is 17.7 Å². The molecule has 3 aromatic rings. The van der Waals surface area contributed by atoms with Crippen molar-refractivity contribution in [3.05, 3.63) is 69.8 Å². The number of fused-ring (bicyclic) bond motifs is 1. The number of benzene rings is 2. The molecule has 0 saturated heterocycles. The number of nitrogens with two attached hydrogens (primary N) is 1. The topological polar surface area (TPSA) is 30.9 Å². The highest BCUT2D eigenvalue weighted by atomic mass is 35.5. The SMILES string of the molecule is NCc1ccc2c(ccn2Cc2ccc(Cl)c(Cl)c2)c1. The Morgan fingerprint density at radius 2 is 1.70 bits per heavy atom. The second kappa shape index (κ2) is 5.49. The van der Waals surface area contributed by atoms with E-state index in [1.807, 2.05) is 18.2 Å². The van der Waals surface area contributed by atoms with Gasteiger partial charge in [-0.1, -0.05) is 35.3 Å². The minimum absolute atomic E-state index is 0.563. The maximum Gasteiger partial charge on any atom is 0.0595 e. The predicted molar refractivity (Wildman–Crippen MR) is 85.4 cm³/mol. The van der Waals surface area contributed by atoms with Crippen LogP contribution in [0.5, 0.6) is 0 Å². The number of aromatic nitrogens is 1. The van der Waals surface area contributed by atoms with Crippen molar-refractivity contribution < 1.29 is 0 Å². The van der Waals surface area contributed by atoms with Crippen molar-refractivity contribution in [1.82, 2.24) is 4.57 Å². The van der Waals surface area contributed by atoms with Crippen LogP contribution in [0, 0.1) is 0 Å². The van der Waals surface area contributed by atoms with Crippen molar-refractivity contribution in [3.8, 4) is 0 Å². The molecule has 4 heteroatoms. The Labute approximate surface area is 127 Å². The van der Waals surface area contributed by atoms with E-state index < -0.39 is 0 Å². The molecule has 1 heterocycles. The van der Waals surface area contributed by atoms with Crippen molar-refractivity contribution in [2.24, 2.45) is 5.73 Å². The van der Waals surface area contributed by atoms with Gasteiger partial charge < -0.3 is 10.3 Å². The molecule has 0 saturated carbocycles. The van der Waals surface area contributed by atoms with E-state index in [9.17, 15) is 0 Å². The number of halogens is 2. The summed E-state index contributed by atoms with van der Waals surface area (Å²) in [6, 6.07) is 14.1. The van der Waals surface area contributed by atoms with Gasteiger partial charge in [0, 0.05) is 24.8 Å². The van der Waals surface area contributed by atoms with Crippen molar-refractivity contribution in [2.45, 2.75) is 13.1 Å². The van der Waals surface area contributed by atoms with Crippen LogP contribution in [-0.4, -0.2) is 4.57 Å². The lowest BCUT2D eigenvalue weighted by Crippen LogP contribution is -1.99. The summed E-state index contributed by atoms with van der Waals surface area (Å²) in [6.45, 7) is 1.33. The van der Waals surface area contributed by atoms with E-state index in [-0.39, 0.29) is 0 Å². The number of nitrogens with zero attached hydrogens (tertiary/aromatic N) is 1. The van der Waals surface area contributed by atoms with E-state index in [0.29, 0.717) is 16.6 Å². The summed E-state index contributed by atoms with van der Waals surface area (Å²) < 4.78 is 2.19. The van der Waals surface area contributed by atoms with Crippen LogP contribution >= 0.6 is 23.2 Å². The molecule has 0 aliphatic carbocycles. The largest absolute Gasteiger partial charge is 0.343 e. The van der Waals surface area contributed by atoms with Gasteiger partial charge in [0.25, 0.3) is 0 Å². The third-order valence-corrected chi connectivity index (χ3v) is 4.15. The maximum absolute atomic E-state index is 6.06. The highest BCUT2D eigenvalue weighted by Crippen LogP contribution is 2.24. The Morgan fingerprint density at radius 1 is 0.900 bits per heavy atom. The molecule has 0 unspecified atom stereocenters. The standard InChI is InChI=1S/C16H14Cl2N2/c17-14-3-1-12(8-15(14)18)10-20-6-5-13-7-11(9-19)2-4-16(13)20/h1-8H,9-10,19H2. The fraction of sp³-hybridized carbons (Fsp3) is 0.125. The first-order chi connectivity index (χ1) is 9.67. The van der Waals surface area contributed by atoms with Gasteiger partial charge in [-0.25, -0.2) is 0 Å². The molecule has 0 aliphatic rings. The van der Waals surface area contributed by atoms with Crippen LogP contribution in [0.2, 0.25) is 10.0 Å². The van der Waals surface area contributed by atoms with Gasteiger partial charge in [-0.3, -0.25) is 0 Å². The molecule has 2 aromatic carbocycles. The van der Waals surface area contributed by atoms with Gasteiger partial charge in [0.05, 0.1) is 10.0 Å². The lowest BCUT2D eigenvalue weighted by molar-refractivity contribution is 0.837. The highest BCUT2D eigenvalue weighted by molar-refractivity contribution is 6.42. The molecule has 3 rings (SSSR count). The van der Waals surface area contributed by atoms with Gasteiger partial charge in [-0.05, 0) is 46.8 Å². The van der Waals surface area contributed by atoms with Crippen molar-refractivity contribution >= 4 is 34.1 Å². The summed E-state index contributed by atoms with van der Waals surface area (Å²) in [7, 11) is 0. The minimum atomic E-state index is 0.563. The molecular formula is C16H14Cl2N2. The van der Waals surface area contributed by atoms with Gasteiger partial charge >= 0.3 is 0 Å². The number of hydrogen-bond acceptors (Lipinski definition) is 1. The molecule has 0 radical (unpaired) electrons. The third-order valence-electron chi connectivity index (χ3n) is 3.41. The quantitative estimate of drug-likeness (QED) is 0.761. The molecule has 20 heavy (non-hydrogen) atoms. The monoisotopic (exact) mass is 304 g/mol. The zero-order chi connectivity index (χ0) is 14.1. The van der Waals surface area contributed by atoms with Gasteiger partial charge in [-0.2, -0.15) is 0 Å². The first-order valence-electron chi connectivity index (χ1n) is 6.39. The minimum Gasteiger partial charge on any atom is -0.343 e. The van der Waals surface area contributed by atoms with Crippen molar-refractivity contribution in [3.63, 3.8) is 0 Å². The normalized spacial score (nSPS) is 11.2. The van der Waals surface area contributed by atoms with Crippen LogP contribution in [0.1, 0.15) is 11.1 Å². The third kappa shape index (κ3) is 2.55. The van der Waals surface area contributed by atoms with Crippen LogP contribution in [-0.2, 0) is 13.1 Å². The van der Waals surface area contributed by atoms with Crippen LogP contribution in [0.3, 0.4) is 0 Å². The van der Waals surface area contributed by atoms with Crippen LogP contribution in [0.4, 0.5) is 0 Å². The number of rotatable bonds is 3. The van der Waals surface area contributed by atoms with Crippen LogP contribution in [0.15, 0.2) is 48.7 Å². The Bertz CT molecular complexity index is 762. The number of hydrogen-bond donors (Lipinski definition) is 1. The van der Waals surface area contributed by atoms with E-state index in [4.69, 9.17) is 28.9 Å². The molecule has 0 amide bonds. The first-order valence-corrected chi connectivity index (χ1v) is 7.15. The first kappa shape index (κ1) is 13.5. The van der Waals surface area contributed by atoms with Gasteiger partial charge in [-0.15, -0.1) is 0 Å². The lowest BCUT2D eigenvalue weighted by atomic mass is 10.1. The smallest absolute Gasteiger partial charge is 0.0595 e. The van der Waals surface area contributed by atoms with Crippen molar-refractivity contribution in [2.75, 3.05) is 0 Å². The molecular weight excluding hydrogens is 291 g/mol. The molecule has 102 valence electrons. The summed E-state index contributed by atoms with van der Waals surface area (Å²) in [5, 5.41) is 2.37. The molecule has 0 fully saturated rings. The second-order valence-electron chi connectivity index (χ2n) is 4.79. The zero-order valence-corrected chi connectivity index (χ0v) is 12.3. The molecule has 2 nitrogen and oxygen atoms in total. The maximum atomic E-state index is 6.06. The summed E-state index contributed by atoms with van der Waals surface area (Å²) in [5.41, 5.74) is 9.12. The lowest BCUT2D eigenvalue weighted by Gasteiger charge is -2.07. The zero-order valence-electron chi connectivity index (χ0n) is 10.8. The average Bonchev–Trinajstić information content (AvgIpc) is 2.85. The fourth-order valence-electron chi connectivity index (χ4n) is 2.35. The van der Waals surface area contributed by atoms with E-state index in [1.54, 1.807) is 0 Å². The predicted octanol–water partition coefficient (Wildman–Crippen LogP) is 4.46. The van der Waals surface area contributed by atoms with E-state index in [2.05, 4.69) is 35.0 Å². The summed E-state index contributed by atoms with van der Waals surface area (Å²) in [4.78, 5) is 0. The van der Waals surface area contributed by atoms with E-state index in [1.165, 1.54) is 10.9 Å². The summed E-state index contributed by atoms with van der Waals surface area (Å²) in [6.07, 6.45) is 2.08. The van der Waals surface area contributed by atoms with E-state index >= 15 is 0 Å². The van der Waals surface area contributed by atoms with Gasteiger partial charge in [0.2, 0.25) is 0 Å². The molecule has 2 N–H and O–H groups in total. The summed E-state index contributed by atoms with van der Waals surface area (Å²) >= 11 is 12.0. The molecule has 0 spiro atoms. The molecule has 0 aliphatic heterocycles. The highest BCUT2D eigenvalue weighted by Gasteiger charge is 2.04. The molecule has 1 aromatic heterocycles. The Balaban J connectivity index is 1.96. The van der Waals surface area contributed by atoms with Crippen LogP contribution < -0.4 is 5.73 Å². The van der Waals surface area contributed by atoms with Crippen LogP contribution in [0.25, 0.3) is 10.9 Å². The Kier molecular flexibility index (Phi) is 3.70. The molecule has 0 atom stereocenters. The average molecular weight is 305 g/mol. The van der Waals surface area contributed by atoms with Crippen molar-refractivity contribution in [1.29, 1.82) is 0 Å². The van der Waals surface area contributed by atoms with Gasteiger partial charge in [0.15, 0.2) is 0 Å². The fourth-order valence-corrected chi connectivity index (χ4v) is 2.67. The Morgan fingerprint density at radius 3 is 2.45 bits per heavy atom. The molecule has 0 bridgehead atoms. The second-order valence-corrected chi connectivity index (χ2v) is 5.60. The Hall–Kier alpha value is -1.48. The summed E-state index contributed by atoms with van der Waals surface area (Å²) in [5.74, 6) is 0. The van der Waals surface area contributed by atoms with Gasteiger partial charge in [0.1, 0.15) is 0 Å².